The summed E-state index contributed by atoms with van der Waals surface area (Å²) in [7, 11) is 3.64. The summed E-state index contributed by atoms with van der Waals surface area (Å²) in [6.07, 6.45) is 0. The maximum atomic E-state index is 5.34. The molecule has 0 amide bonds. The molecule has 0 aliphatic carbocycles. The third-order valence-electron chi connectivity index (χ3n) is 1.09. The predicted octanol–water partition coefficient (Wildman–Crippen LogP) is -1.49. The molecule has 5 heteroatoms. The van der Waals surface area contributed by atoms with Gasteiger partial charge in [0.15, 0.2) is 0 Å². The third kappa shape index (κ3) is 0.564. The van der Waals surface area contributed by atoms with Gasteiger partial charge in [0.05, 0.1) is 0 Å². The largest absolute Gasteiger partial charge is 0.367 e. The molecule has 1 rings (SSSR count). The molecule has 1 aliphatic rings. The number of nitrogens with two attached hydrogens (primary N) is 1. The number of hydrazone groups is 1. The molecule has 5 nitrogen and oxygen atoms in total. The number of hydrazine groups is 2. The van der Waals surface area contributed by atoms with Crippen LogP contribution in [0.15, 0.2) is 5.10 Å². The minimum Gasteiger partial charge on any atom is -0.367 e. The molecule has 0 aromatic rings. The van der Waals surface area contributed by atoms with Crippen molar-refractivity contribution in [3.63, 3.8) is 0 Å². The maximum Gasteiger partial charge on any atom is 0.231 e. The lowest BCUT2D eigenvalue weighted by atomic mass is 10.9. The summed E-state index contributed by atoms with van der Waals surface area (Å²) in [5, 5.41) is 7.06. The van der Waals surface area contributed by atoms with Gasteiger partial charge in [-0.15, -0.1) is 10.2 Å². The summed E-state index contributed by atoms with van der Waals surface area (Å²) in [4.78, 5) is 0. The molecule has 0 aromatic heterocycles. The Morgan fingerprint density at radius 2 is 2.25 bits per heavy atom. The summed E-state index contributed by atoms with van der Waals surface area (Å²) < 4.78 is 0. The summed E-state index contributed by atoms with van der Waals surface area (Å²) in [5.41, 5.74) is 7.98. The van der Waals surface area contributed by atoms with E-state index in [2.05, 4.69) is 10.6 Å². The molecule has 0 spiro atoms. The van der Waals surface area contributed by atoms with Crippen LogP contribution in [0.2, 0.25) is 0 Å². The van der Waals surface area contributed by atoms with Crippen LogP contribution in [0, 0.1) is 0 Å². The van der Waals surface area contributed by atoms with Crippen LogP contribution in [0.25, 0.3) is 0 Å². The molecule has 0 aromatic carbocycles. The molecule has 1 heterocycles. The number of nitrogens with one attached hydrogen (secondary N) is 1. The Labute approximate surface area is 47.7 Å². The second-order valence-corrected chi connectivity index (χ2v) is 1.62. The van der Waals surface area contributed by atoms with Crippen molar-refractivity contribution >= 4 is 5.96 Å². The van der Waals surface area contributed by atoms with Crippen LogP contribution in [-0.2, 0) is 0 Å². The number of nitrogens with zero attached hydrogens (tertiary/aromatic N) is 3. The van der Waals surface area contributed by atoms with Crippen molar-refractivity contribution in [3.05, 3.63) is 0 Å². The number of hydrogen-bond acceptors (Lipinski definition) is 5. The molecule has 3 N–H and O–H groups in total. The van der Waals surface area contributed by atoms with Gasteiger partial charge in [-0.2, -0.15) is 0 Å². The fourth-order valence-corrected chi connectivity index (χ4v) is 0.417. The zero-order valence-electron chi connectivity index (χ0n) is 4.92. The zero-order valence-corrected chi connectivity index (χ0v) is 4.92. The van der Waals surface area contributed by atoms with E-state index in [1.165, 1.54) is 0 Å². The van der Waals surface area contributed by atoms with E-state index in [4.69, 9.17) is 5.73 Å². The van der Waals surface area contributed by atoms with E-state index in [0.717, 1.165) is 0 Å². The normalized spacial score (nSPS) is 20.8. The summed E-state index contributed by atoms with van der Waals surface area (Å²) in [6.45, 7) is 0. The van der Waals surface area contributed by atoms with Crippen LogP contribution in [-0.4, -0.2) is 30.2 Å². The first kappa shape index (κ1) is 5.17. The number of guanidine groups is 1. The van der Waals surface area contributed by atoms with Gasteiger partial charge in [0.2, 0.25) is 5.96 Å². The summed E-state index contributed by atoms with van der Waals surface area (Å²) >= 11 is 0. The monoisotopic (exact) mass is 115 g/mol. The molecule has 1 aliphatic heterocycles. The molecule has 46 valence electrons. The Balaban J connectivity index is 2.59. The van der Waals surface area contributed by atoms with E-state index in [1.54, 1.807) is 10.1 Å². The van der Waals surface area contributed by atoms with Crippen LogP contribution < -0.4 is 11.3 Å². The molecular weight excluding hydrogens is 106 g/mol. The Kier molecular flexibility index (Phi) is 0.980. The lowest BCUT2D eigenvalue weighted by Crippen LogP contribution is -2.42. The molecular formula is C3H9N5. The van der Waals surface area contributed by atoms with Crippen LogP contribution >= 0.6 is 0 Å². The SMILES string of the molecule is CN1NN=C(N)N1C. The van der Waals surface area contributed by atoms with E-state index in [1.807, 2.05) is 14.1 Å². The molecule has 0 bridgehead atoms. The van der Waals surface area contributed by atoms with Gasteiger partial charge in [-0.25, -0.2) is 5.53 Å². The van der Waals surface area contributed by atoms with Gasteiger partial charge in [0.1, 0.15) is 0 Å². The van der Waals surface area contributed by atoms with Crippen molar-refractivity contribution in [3.8, 4) is 0 Å². The van der Waals surface area contributed by atoms with E-state index in [0.29, 0.717) is 5.96 Å². The van der Waals surface area contributed by atoms with E-state index in [9.17, 15) is 0 Å². The molecule has 0 fully saturated rings. The quantitative estimate of drug-likeness (QED) is 0.404. The van der Waals surface area contributed by atoms with Gasteiger partial charge in [-0.3, -0.25) is 5.01 Å². The van der Waals surface area contributed by atoms with Crippen LogP contribution in [0.5, 0.6) is 0 Å². The van der Waals surface area contributed by atoms with E-state index < -0.39 is 0 Å². The molecule has 8 heavy (non-hydrogen) atoms. The molecule has 0 radical (unpaired) electrons. The fourth-order valence-electron chi connectivity index (χ4n) is 0.417. The first-order chi connectivity index (χ1) is 3.72. The minimum atomic E-state index is 0.479. The van der Waals surface area contributed by atoms with Crippen LogP contribution in [0.3, 0.4) is 0 Å². The molecule has 0 saturated heterocycles. The Hall–Kier alpha value is -0.970. The van der Waals surface area contributed by atoms with Crippen molar-refractivity contribution in [1.29, 1.82) is 0 Å². The average Bonchev–Trinajstić information content (AvgIpc) is 1.98. The highest BCUT2D eigenvalue weighted by Gasteiger charge is 2.12. The summed E-state index contributed by atoms with van der Waals surface area (Å²) in [5.74, 6) is 0.479. The number of hydrogen-bond donors (Lipinski definition) is 2. The minimum absolute atomic E-state index is 0.479. The van der Waals surface area contributed by atoms with Crippen LogP contribution in [0.4, 0.5) is 0 Å². The molecule has 0 saturated carbocycles. The van der Waals surface area contributed by atoms with E-state index in [-0.39, 0.29) is 0 Å². The first-order valence-corrected chi connectivity index (χ1v) is 2.28. The highest BCUT2D eigenvalue weighted by atomic mass is 15.9. The van der Waals surface area contributed by atoms with Gasteiger partial charge in [-0.1, -0.05) is 0 Å². The summed E-state index contributed by atoms with van der Waals surface area (Å²) in [6, 6.07) is 0. The first-order valence-electron chi connectivity index (χ1n) is 2.28. The zero-order chi connectivity index (χ0) is 6.15. The van der Waals surface area contributed by atoms with Crippen LogP contribution in [0.1, 0.15) is 0 Å². The van der Waals surface area contributed by atoms with Gasteiger partial charge in [0.25, 0.3) is 0 Å². The molecule has 0 atom stereocenters. The van der Waals surface area contributed by atoms with Gasteiger partial charge < -0.3 is 5.73 Å². The Morgan fingerprint density at radius 3 is 2.38 bits per heavy atom. The molecule has 0 unspecified atom stereocenters. The Bertz CT molecular complexity index is 119. The van der Waals surface area contributed by atoms with Gasteiger partial charge in [0, 0.05) is 14.1 Å². The van der Waals surface area contributed by atoms with Crippen molar-refractivity contribution < 1.29 is 0 Å². The predicted molar refractivity (Wildman–Crippen MR) is 30.3 cm³/mol. The van der Waals surface area contributed by atoms with Crippen molar-refractivity contribution in [2.75, 3.05) is 14.1 Å². The maximum absolute atomic E-state index is 5.34. The van der Waals surface area contributed by atoms with E-state index >= 15 is 0 Å². The van der Waals surface area contributed by atoms with Crippen molar-refractivity contribution in [2.24, 2.45) is 10.8 Å². The smallest absolute Gasteiger partial charge is 0.231 e. The topological polar surface area (TPSA) is 56.9 Å². The third-order valence-corrected chi connectivity index (χ3v) is 1.09. The average molecular weight is 115 g/mol. The highest BCUT2D eigenvalue weighted by molar-refractivity contribution is 5.77. The second kappa shape index (κ2) is 1.52. The van der Waals surface area contributed by atoms with Crippen molar-refractivity contribution in [1.82, 2.24) is 15.7 Å². The fraction of sp³-hybridized carbons (Fsp3) is 0.667. The van der Waals surface area contributed by atoms with Gasteiger partial charge >= 0.3 is 0 Å². The lowest BCUT2D eigenvalue weighted by Gasteiger charge is -2.17. The van der Waals surface area contributed by atoms with Crippen molar-refractivity contribution in [2.45, 2.75) is 0 Å². The lowest BCUT2D eigenvalue weighted by molar-refractivity contribution is 0.0718. The second-order valence-electron chi connectivity index (χ2n) is 1.62. The number of rotatable bonds is 0. The highest BCUT2D eigenvalue weighted by Crippen LogP contribution is 1.90. The standard InChI is InChI=1S/C3H9N5/c1-7-3(4)5-6-8(7)2/h6H,1-2H3,(H2,4,5). The van der Waals surface area contributed by atoms with Gasteiger partial charge in [-0.05, 0) is 0 Å². The Morgan fingerprint density at radius 1 is 1.62 bits per heavy atom.